The van der Waals surface area contributed by atoms with Gasteiger partial charge in [-0.05, 0) is 190 Å². The van der Waals surface area contributed by atoms with E-state index in [0.29, 0.717) is 48.9 Å². The summed E-state index contributed by atoms with van der Waals surface area (Å²) in [7, 11) is 0. The molecule has 0 amide bonds. The fourth-order valence-corrected chi connectivity index (χ4v) is 14.1. The average Bonchev–Trinajstić information content (AvgIpc) is 3.39. The van der Waals surface area contributed by atoms with Crippen molar-refractivity contribution in [2.45, 2.75) is 258 Å². The monoisotopic (exact) mass is 1140 g/mol. The number of carboxylic acids is 2. The molecule has 4 fully saturated rings. The van der Waals surface area contributed by atoms with Gasteiger partial charge in [0.2, 0.25) is 35.7 Å². The molecule has 2 aromatic heterocycles. The number of carbonyl (C=O) groups is 2. The van der Waals surface area contributed by atoms with Crippen LogP contribution in [0.3, 0.4) is 0 Å². The van der Waals surface area contributed by atoms with Gasteiger partial charge in [0.05, 0.1) is 26.4 Å². The van der Waals surface area contributed by atoms with Gasteiger partial charge in [-0.1, -0.05) is 0 Å². The molecule has 2 aromatic rings. The van der Waals surface area contributed by atoms with Crippen LogP contribution in [0.1, 0.15) is 190 Å². The zero-order chi connectivity index (χ0) is 61.2. The lowest BCUT2D eigenvalue weighted by molar-refractivity contribution is -0.136. The number of rotatable bonds is 22. The van der Waals surface area contributed by atoms with Crippen LogP contribution in [-0.4, -0.2) is 196 Å². The number of hydrogen-bond donors (Lipinski definition) is 10. The summed E-state index contributed by atoms with van der Waals surface area (Å²) in [6.45, 7) is 47.6. The highest BCUT2D eigenvalue weighted by Crippen LogP contribution is 2.38. The number of piperidine rings is 4. The average molecular weight is 1140 g/mol. The molecule has 0 aliphatic carbocycles. The van der Waals surface area contributed by atoms with Crippen molar-refractivity contribution in [2.24, 2.45) is 0 Å². The molecule has 4 aliphatic heterocycles. The van der Waals surface area contributed by atoms with Gasteiger partial charge in [-0.3, -0.25) is 9.59 Å². The van der Waals surface area contributed by atoms with E-state index in [9.17, 15) is 19.8 Å². The minimum absolute atomic E-state index is 0.0260. The Hall–Kier alpha value is -4.52. The Bertz CT molecular complexity index is 1980. The summed E-state index contributed by atoms with van der Waals surface area (Å²) in [6.07, 6.45) is 7.65. The summed E-state index contributed by atoms with van der Waals surface area (Å²) < 4.78 is 4.63. The molecule has 23 heteroatoms. The van der Waals surface area contributed by atoms with Crippen LogP contribution >= 0.6 is 0 Å². The van der Waals surface area contributed by atoms with Crippen molar-refractivity contribution in [2.75, 3.05) is 95.9 Å². The topological polar surface area (TPSA) is 287 Å². The highest BCUT2D eigenvalue weighted by atomic mass is 16.5. The summed E-state index contributed by atoms with van der Waals surface area (Å²) in [5.41, 5.74) is -0.208. The quantitative estimate of drug-likeness (QED) is 0.0582. The number of nitrogens with one attached hydrogen (secondary N) is 6. The van der Waals surface area contributed by atoms with Gasteiger partial charge in [-0.2, -0.15) is 29.9 Å². The highest BCUT2D eigenvalue weighted by Gasteiger charge is 2.45. The molecule has 4 saturated heterocycles. The molecular formula is C58H110N16O7. The molecule has 10 N–H and O–H groups in total. The molecule has 0 saturated carbocycles. The number of aliphatic hydroxyl groups excluding tert-OH is 2. The van der Waals surface area contributed by atoms with Crippen LogP contribution in [0.4, 0.5) is 35.7 Å². The molecular weight excluding hydrogens is 1030 g/mol. The maximum absolute atomic E-state index is 11.3. The zero-order valence-electron chi connectivity index (χ0n) is 53.5. The predicted octanol–water partition coefficient (Wildman–Crippen LogP) is 6.27. The standard InChI is InChI=1S/2C27H50N8O2.C4H10O3/c2*1-11-34(18-13-24(3,4)32-25(5,6)14-18)22-29-21(28-17-20(36)37)30-23(31-22)35(12-2)19-15-26(7,8)33-27(9,10)16-19;5-1-3-7-4-2-6/h2*18-19,32-33H,11-17H2,1-10H3,(H,36,37)(H,28,29,30,31);5-6H,1-4H2. The summed E-state index contributed by atoms with van der Waals surface area (Å²) in [6, 6.07) is 0.965. The van der Waals surface area contributed by atoms with Crippen LogP contribution < -0.4 is 51.5 Å². The van der Waals surface area contributed by atoms with Crippen LogP contribution in [0, 0.1) is 0 Å². The van der Waals surface area contributed by atoms with Crippen LogP contribution in [0.15, 0.2) is 0 Å². The van der Waals surface area contributed by atoms with Crippen molar-refractivity contribution in [3.63, 3.8) is 0 Å². The number of ether oxygens (including phenoxy) is 1. The largest absolute Gasteiger partial charge is 0.480 e. The maximum atomic E-state index is 11.3. The molecule has 4 aliphatic rings. The smallest absolute Gasteiger partial charge is 0.322 e. The molecule has 6 heterocycles. The molecule has 23 nitrogen and oxygen atoms in total. The first-order chi connectivity index (χ1) is 37.3. The van der Waals surface area contributed by atoms with Gasteiger partial charge in [-0.15, -0.1) is 0 Å². The van der Waals surface area contributed by atoms with E-state index in [1.165, 1.54) is 0 Å². The van der Waals surface area contributed by atoms with Gasteiger partial charge in [0.25, 0.3) is 0 Å². The van der Waals surface area contributed by atoms with E-state index >= 15 is 0 Å². The third-order valence-electron chi connectivity index (χ3n) is 15.3. The molecule has 0 radical (unpaired) electrons. The van der Waals surface area contributed by atoms with Crippen molar-refractivity contribution in [3.8, 4) is 0 Å². The number of nitrogens with zero attached hydrogens (tertiary/aromatic N) is 10. The van der Waals surface area contributed by atoms with Gasteiger partial charge in [-0.25, -0.2) is 0 Å². The molecule has 81 heavy (non-hydrogen) atoms. The number of hydrogen-bond acceptors (Lipinski definition) is 21. The van der Waals surface area contributed by atoms with E-state index in [4.69, 9.17) is 40.1 Å². The fourth-order valence-electron chi connectivity index (χ4n) is 14.1. The van der Waals surface area contributed by atoms with Crippen LogP contribution in [-0.2, 0) is 14.3 Å². The Morgan fingerprint density at radius 1 is 0.420 bits per heavy atom. The van der Waals surface area contributed by atoms with E-state index in [1.807, 2.05) is 0 Å². The molecule has 6 rings (SSSR count). The predicted molar refractivity (Wildman–Crippen MR) is 326 cm³/mol. The third-order valence-corrected chi connectivity index (χ3v) is 15.3. The second-order valence-corrected chi connectivity index (χ2v) is 28.0. The molecule has 0 unspecified atom stereocenters. The van der Waals surface area contributed by atoms with E-state index < -0.39 is 11.9 Å². The van der Waals surface area contributed by atoms with Crippen LogP contribution in [0.5, 0.6) is 0 Å². The van der Waals surface area contributed by atoms with Gasteiger partial charge in [0.1, 0.15) is 13.1 Å². The van der Waals surface area contributed by atoms with E-state index in [-0.39, 0.29) is 94.8 Å². The van der Waals surface area contributed by atoms with E-state index in [2.05, 4.69) is 195 Å². The first-order valence-electron chi connectivity index (χ1n) is 29.8. The van der Waals surface area contributed by atoms with E-state index in [0.717, 1.165) is 77.5 Å². The Morgan fingerprint density at radius 2 is 0.617 bits per heavy atom. The van der Waals surface area contributed by atoms with Crippen molar-refractivity contribution in [1.82, 2.24) is 51.2 Å². The Morgan fingerprint density at radius 3 is 0.778 bits per heavy atom. The molecule has 0 aromatic carbocycles. The lowest BCUT2D eigenvalue weighted by atomic mass is 9.79. The second-order valence-electron chi connectivity index (χ2n) is 28.0. The van der Waals surface area contributed by atoms with Crippen LogP contribution in [0.25, 0.3) is 0 Å². The van der Waals surface area contributed by atoms with Crippen LogP contribution in [0.2, 0.25) is 0 Å². The highest BCUT2D eigenvalue weighted by molar-refractivity contribution is 5.72. The van der Waals surface area contributed by atoms with Crippen molar-refractivity contribution < 1.29 is 34.8 Å². The number of carboxylic acid groups (broad SMARTS) is 2. The minimum atomic E-state index is -0.952. The lowest BCUT2D eigenvalue weighted by Crippen LogP contribution is -2.62. The zero-order valence-corrected chi connectivity index (χ0v) is 53.5. The van der Waals surface area contributed by atoms with Gasteiger partial charge in [0.15, 0.2) is 0 Å². The lowest BCUT2D eigenvalue weighted by Gasteiger charge is -2.50. The molecule has 0 bridgehead atoms. The Kier molecular flexibility index (Phi) is 23.8. The minimum Gasteiger partial charge on any atom is -0.480 e. The first-order valence-corrected chi connectivity index (χ1v) is 29.8. The number of aliphatic hydroxyl groups is 2. The van der Waals surface area contributed by atoms with Gasteiger partial charge in [0, 0.05) is 94.7 Å². The van der Waals surface area contributed by atoms with E-state index in [1.54, 1.807) is 0 Å². The van der Waals surface area contributed by atoms with Crippen molar-refractivity contribution in [3.05, 3.63) is 0 Å². The summed E-state index contributed by atoms with van der Waals surface area (Å²) in [4.78, 5) is 60.8. The SMILES string of the molecule is CCN(c1nc(NCC(=O)O)nc(N(CC)C2CC(C)(C)NC(C)(C)C2)n1)C1CC(C)(C)NC(C)(C)C1.CCN(c1nc(NCC(=O)O)nc(N(CC)C2CC(C)(C)NC(C)(C)C2)n1)C1CC(C)(C)NC(C)(C)C1.OCCOCCO. The molecule has 0 atom stereocenters. The third kappa shape index (κ3) is 21.6. The Balaban J connectivity index is 0.000000311. The summed E-state index contributed by atoms with van der Waals surface area (Å²) in [5, 5.41) is 55.6. The van der Waals surface area contributed by atoms with Crippen molar-refractivity contribution >= 4 is 47.6 Å². The normalized spacial score (nSPS) is 21.7. The first kappa shape index (κ1) is 69.0. The maximum Gasteiger partial charge on any atom is 0.322 e. The number of aromatic nitrogens is 6. The summed E-state index contributed by atoms with van der Waals surface area (Å²) >= 11 is 0. The van der Waals surface area contributed by atoms with Crippen molar-refractivity contribution in [1.29, 1.82) is 0 Å². The number of anilines is 6. The van der Waals surface area contributed by atoms with Gasteiger partial charge >= 0.3 is 11.9 Å². The number of aliphatic carboxylic acids is 2. The Labute approximate surface area is 486 Å². The fraction of sp³-hybridized carbons (Fsp3) is 0.862. The van der Waals surface area contributed by atoms with Gasteiger partial charge < -0.3 is 76.7 Å². The molecule has 0 spiro atoms. The summed E-state index contributed by atoms with van der Waals surface area (Å²) in [5.74, 6) is 1.11. The second kappa shape index (κ2) is 27.9. The molecule has 464 valence electrons.